The lowest BCUT2D eigenvalue weighted by Gasteiger charge is -1.91. The SMILES string of the molecule is C1=[NH+][13CH2]CCC1. The van der Waals surface area contributed by atoms with E-state index in [0.29, 0.717) is 0 Å². The monoisotopic (exact) mass is 85.1 g/mol. The van der Waals surface area contributed by atoms with Crippen molar-refractivity contribution >= 4 is 6.21 Å². The lowest BCUT2D eigenvalue weighted by molar-refractivity contribution is -0.457. The molecule has 0 aliphatic carbocycles. The lowest BCUT2D eigenvalue weighted by atomic mass is 10.3. The first kappa shape index (κ1) is 3.85. The summed E-state index contributed by atoms with van der Waals surface area (Å²) in [4.78, 5) is 3.16. The largest absolute Gasteiger partial charge is 0.252 e. The van der Waals surface area contributed by atoms with Gasteiger partial charge in [-0.3, -0.25) is 4.99 Å². The summed E-state index contributed by atoms with van der Waals surface area (Å²) in [5, 5.41) is 0. The third-order valence-corrected chi connectivity index (χ3v) is 1.06. The molecule has 0 radical (unpaired) electrons. The van der Waals surface area contributed by atoms with Crippen molar-refractivity contribution < 1.29 is 4.99 Å². The molecular weight excluding hydrogens is 75.1 g/mol. The van der Waals surface area contributed by atoms with Gasteiger partial charge in [0.15, 0.2) is 0 Å². The van der Waals surface area contributed by atoms with Crippen molar-refractivity contribution in [3.63, 3.8) is 0 Å². The van der Waals surface area contributed by atoms with Crippen molar-refractivity contribution in [1.29, 1.82) is 0 Å². The number of nitrogens with one attached hydrogen (secondary N) is 1. The van der Waals surface area contributed by atoms with Gasteiger partial charge < -0.3 is 0 Å². The highest BCUT2D eigenvalue weighted by Gasteiger charge is 1.93. The van der Waals surface area contributed by atoms with E-state index in [4.69, 9.17) is 0 Å². The molecule has 0 saturated heterocycles. The molecule has 0 amide bonds. The van der Waals surface area contributed by atoms with Crippen LogP contribution in [0.25, 0.3) is 0 Å². The highest BCUT2D eigenvalue weighted by Crippen LogP contribution is 1.88. The van der Waals surface area contributed by atoms with Gasteiger partial charge in [-0.25, -0.2) is 0 Å². The van der Waals surface area contributed by atoms with E-state index in [1.54, 1.807) is 0 Å². The van der Waals surface area contributed by atoms with E-state index >= 15 is 0 Å². The zero-order chi connectivity index (χ0) is 4.24. The highest BCUT2D eigenvalue weighted by atomic mass is 14.9. The Balaban J connectivity index is 2.26. The smallest absolute Gasteiger partial charge is 0.140 e. The average molecular weight is 85.1 g/mol. The van der Waals surface area contributed by atoms with Crippen LogP contribution in [-0.2, 0) is 0 Å². The molecule has 1 nitrogen and oxygen atoms in total. The second-order valence-electron chi connectivity index (χ2n) is 1.65. The van der Waals surface area contributed by atoms with Crippen LogP contribution in [0.4, 0.5) is 0 Å². The third kappa shape index (κ3) is 0.814. The van der Waals surface area contributed by atoms with Crippen molar-refractivity contribution in [2.24, 2.45) is 0 Å². The molecule has 0 aromatic rings. The Kier molecular flexibility index (Phi) is 1.25. The molecule has 0 spiro atoms. The van der Waals surface area contributed by atoms with Crippen LogP contribution in [0.1, 0.15) is 19.3 Å². The normalized spacial score (nSPS) is 21.3. The first-order valence-corrected chi connectivity index (χ1v) is 2.55. The summed E-state index contributed by atoms with van der Waals surface area (Å²) in [5.74, 6) is 0. The van der Waals surface area contributed by atoms with E-state index in [2.05, 4.69) is 11.2 Å². The molecule has 0 aromatic heterocycles. The van der Waals surface area contributed by atoms with Gasteiger partial charge in [0.05, 0.1) is 0 Å². The van der Waals surface area contributed by atoms with E-state index in [-0.39, 0.29) is 0 Å². The standard InChI is InChI=1S/C5H9N/c1-2-4-6-5-3-1/h4H,1-3,5H2/p+1/i5+1. The van der Waals surface area contributed by atoms with E-state index in [1.807, 2.05) is 0 Å². The van der Waals surface area contributed by atoms with E-state index in [9.17, 15) is 0 Å². The fourth-order valence-electron chi connectivity index (χ4n) is 0.678. The molecular formula is C5H10N+. The Bertz CT molecular complexity index is 49.0. The van der Waals surface area contributed by atoms with Crippen molar-refractivity contribution in [2.75, 3.05) is 6.54 Å². The maximum Gasteiger partial charge on any atom is 0.140 e. The maximum atomic E-state index is 3.16. The van der Waals surface area contributed by atoms with Gasteiger partial charge in [0, 0.05) is 12.8 Å². The summed E-state index contributed by atoms with van der Waals surface area (Å²) in [6.45, 7) is 1.19. The first-order valence-electron chi connectivity index (χ1n) is 2.55. The molecule has 0 aromatic carbocycles. The average Bonchev–Trinajstić information content (AvgIpc) is 1.72. The second kappa shape index (κ2) is 1.96. The number of hydrogen-bond donors (Lipinski definition) is 1. The molecule has 0 saturated carbocycles. The predicted octanol–water partition coefficient (Wildman–Crippen LogP) is -0.678. The van der Waals surface area contributed by atoms with Gasteiger partial charge >= 0.3 is 0 Å². The highest BCUT2D eigenvalue weighted by molar-refractivity contribution is 5.50. The van der Waals surface area contributed by atoms with E-state index < -0.39 is 0 Å². The molecule has 0 unspecified atom stereocenters. The molecule has 1 rings (SSSR count). The Labute approximate surface area is 38.1 Å². The molecule has 6 heavy (non-hydrogen) atoms. The van der Waals surface area contributed by atoms with Crippen LogP contribution in [0, 0.1) is 0 Å². The van der Waals surface area contributed by atoms with Crippen molar-refractivity contribution in [3.05, 3.63) is 0 Å². The minimum absolute atomic E-state index is 1.19. The molecule has 1 heterocycles. The minimum atomic E-state index is 1.19. The fourth-order valence-corrected chi connectivity index (χ4v) is 0.678. The summed E-state index contributed by atoms with van der Waals surface area (Å²) in [5.41, 5.74) is 0. The van der Waals surface area contributed by atoms with E-state index in [0.717, 1.165) is 0 Å². The van der Waals surface area contributed by atoms with Crippen molar-refractivity contribution in [2.45, 2.75) is 19.3 Å². The maximum absolute atomic E-state index is 3.16. The topological polar surface area (TPSA) is 14.0 Å². The van der Waals surface area contributed by atoms with Crippen LogP contribution in [0.3, 0.4) is 0 Å². The molecule has 0 bridgehead atoms. The van der Waals surface area contributed by atoms with Crippen LogP contribution in [0.2, 0.25) is 0 Å². The predicted molar refractivity (Wildman–Crippen MR) is 25.7 cm³/mol. The number of hydrogen-bond acceptors (Lipinski definition) is 0. The number of rotatable bonds is 0. The summed E-state index contributed by atoms with van der Waals surface area (Å²) in [6, 6.07) is 0. The lowest BCUT2D eigenvalue weighted by Crippen LogP contribution is -2.70. The summed E-state index contributed by atoms with van der Waals surface area (Å²) in [6.07, 6.45) is 6.15. The van der Waals surface area contributed by atoms with Crippen LogP contribution in [0.5, 0.6) is 0 Å². The quantitative estimate of drug-likeness (QED) is 0.375. The molecule has 1 aliphatic heterocycles. The molecule has 1 N–H and O–H groups in total. The second-order valence-corrected chi connectivity index (χ2v) is 1.65. The summed E-state index contributed by atoms with van der Waals surface area (Å²) < 4.78 is 0. The van der Waals surface area contributed by atoms with Gasteiger partial charge in [-0.05, 0) is 6.42 Å². The van der Waals surface area contributed by atoms with Crippen LogP contribution in [0.15, 0.2) is 0 Å². The van der Waals surface area contributed by atoms with Crippen LogP contribution < -0.4 is 4.99 Å². The van der Waals surface area contributed by atoms with Gasteiger partial charge in [0.1, 0.15) is 12.8 Å². The van der Waals surface area contributed by atoms with Crippen molar-refractivity contribution in [3.8, 4) is 0 Å². The van der Waals surface area contributed by atoms with E-state index in [1.165, 1.54) is 25.8 Å². The Morgan fingerprint density at radius 1 is 1.33 bits per heavy atom. The minimum Gasteiger partial charge on any atom is -0.252 e. The van der Waals surface area contributed by atoms with Gasteiger partial charge in [0.2, 0.25) is 0 Å². The third-order valence-electron chi connectivity index (χ3n) is 1.06. The first-order chi connectivity index (χ1) is 3.00. The Morgan fingerprint density at radius 3 is 2.50 bits per heavy atom. The van der Waals surface area contributed by atoms with Gasteiger partial charge in [-0.1, -0.05) is 0 Å². The Morgan fingerprint density at radius 2 is 2.33 bits per heavy atom. The van der Waals surface area contributed by atoms with Gasteiger partial charge in [-0.15, -0.1) is 0 Å². The Hall–Kier alpha value is -0.330. The van der Waals surface area contributed by atoms with Crippen molar-refractivity contribution in [1.82, 2.24) is 0 Å². The van der Waals surface area contributed by atoms with Crippen LogP contribution in [-0.4, -0.2) is 12.8 Å². The molecule has 1 aliphatic rings. The van der Waals surface area contributed by atoms with Gasteiger partial charge in [-0.2, -0.15) is 0 Å². The zero-order valence-corrected chi connectivity index (χ0v) is 3.91. The zero-order valence-electron chi connectivity index (χ0n) is 3.91. The van der Waals surface area contributed by atoms with Crippen LogP contribution >= 0.6 is 0 Å². The molecule has 1 heteroatoms. The van der Waals surface area contributed by atoms with Gasteiger partial charge in [0.25, 0.3) is 0 Å². The molecule has 0 atom stereocenters. The summed E-state index contributed by atoms with van der Waals surface area (Å²) in [7, 11) is 0. The molecule has 0 fully saturated rings. The fraction of sp³-hybridized carbons (Fsp3) is 0.800. The molecule has 34 valence electrons. The summed E-state index contributed by atoms with van der Waals surface area (Å²) >= 11 is 0.